The Hall–Kier alpha value is -0.370. The van der Waals surface area contributed by atoms with E-state index in [1.165, 1.54) is 32.1 Å². The van der Waals surface area contributed by atoms with Crippen LogP contribution in [0.3, 0.4) is 0 Å². The Morgan fingerprint density at radius 2 is 2.11 bits per heavy atom. The van der Waals surface area contributed by atoms with Crippen LogP contribution in [0, 0.1) is 23.2 Å². The molecule has 0 amide bonds. The van der Waals surface area contributed by atoms with Gasteiger partial charge in [-0.25, -0.2) is 0 Å². The van der Waals surface area contributed by atoms with Crippen LogP contribution in [0.25, 0.3) is 0 Å². The summed E-state index contributed by atoms with van der Waals surface area (Å²) in [6.07, 6.45) is 8.85. The molecule has 110 valence electrons. The fourth-order valence-corrected chi connectivity index (χ4v) is 5.00. The van der Waals surface area contributed by atoms with E-state index in [1.807, 2.05) is 0 Å². The van der Waals surface area contributed by atoms with Crippen molar-refractivity contribution in [3.8, 4) is 0 Å². The van der Waals surface area contributed by atoms with Crippen LogP contribution in [0.5, 0.6) is 0 Å². The van der Waals surface area contributed by atoms with Gasteiger partial charge in [0, 0.05) is 6.42 Å². The summed E-state index contributed by atoms with van der Waals surface area (Å²) in [4.78, 5) is 11.0. The lowest BCUT2D eigenvalue weighted by atomic mass is 9.61. The van der Waals surface area contributed by atoms with Crippen LogP contribution in [0.1, 0.15) is 72.1 Å². The zero-order valence-corrected chi connectivity index (χ0v) is 12.8. The van der Waals surface area contributed by atoms with Gasteiger partial charge in [0.05, 0.1) is 6.10 Å². The average Bonchev–Trinajstić information content (AvgIpc) is 2.67. The van der Waals surface area contributed by atoms with Gasteiger partial charge in [0.1, 0.15) is 5.78 Å². The smallest absolute Gasteiger partial charge is 0.129 e. The van der Waals surface area contributed by atoms with Crippen molar-refractivity contribution < 1.29 is 9.90 Å². The molecule has 0 unspecified atom stereocenters. The Morgan fingerprint density at radius 1 is 1.37 bits per heavy atom. The van der Waals surface area contributed by atoms with Crippen molar-refractivity contribution >= 4 is 5.78 Å². The Morgan fingerprint density at radius 3 is 2.79 bits per heavy atom. The molecule has 0 bridgehead atoms. The molecule has 2 nitrogen and oxygen atoms in total. The topological polar surface area (TPSA) is 37.3 Å². The van der Waals surface area contributed by atoms with Crippen molar-refractivity contribution in [1.29, 1.82) is 0 Å². The average molecular weight is 266 g/mol. The van der Waals surface area contributed by atoms with Gasteiger partial charge in [-0.3, -0.25) is 0 Å². The second kappa shape index (κ2) is 5.95. The van der Waals surface area contributed by atoms with E-state index in [0.29, 0.717) is 23.0 Å². The molecule has 0 aliphatic heterocycles. The van der Waals surface area contributed by atoms with Gasteiger partial charge in [0.2, 0.25) is 0 Å². The van der Waals surface area contributed by atoms with Crippen molar-refractivity contribution in [2.24, 2.45) is 23.2 Å². The van der Waals surface area contributed by atoms with Gasteiger partial charge < -0.3 is 9.90 Å². The molecule has 19 heavy (non-hydrogen) atoms. The number of carbonyl (C=O) groups is 1. The number of aliphatic hydroxyl groups excluding tert-OH is 1. The van der Waals surface area contributed by atoms with Crippen LogP contribution in [0.2, 0.25) is 0 Å². The molecule has 0 heterocycles. The van der Waals surface area contributed by atoms with Crippen molar-refractivity contribution in [2.75, 3.05) is 0 Å². The monoisotopic (exact) mass is 266 g/mol. The minimum Gasteiger partial charge on any atom is -0.393 e. The lowest BCUT2D eigenvalue weighted by molar-refractivity contribution is -0.117. The molecular formula is C17H30O2. The number of fused-ring (bicyclic) bond motifs is 1. The number of aliphatic hydroxyl groups is 1. The molecule has 0 spiro atoms. The van der Waals surface area contributed by atoms with E-state index in [-0.39, 0.29) is 6.10 Å². The zero-order valence-electron chi connectivity index (χ0n) is 12.8. The van der Waals surface area contributed by atoms with Gasteiger partial charge in [-0.05, 0) is 62.2 Å². The van der Waals surface area contributed by atoms with E-state index in [2.05, 4.69) is 13.8 Å². The lowest BCUT2D eigenvalue weighted by Gasteiger charge is -2.45. The third-order valence-corrected chi connectivity index (χ3v) is 6.04. The first-order valence-corrected chi connectivity index (χ1v) is 8.12. The standard InChI is InChI=1S/C17H30O2/c1-12(6-4-7-13(2)18)14-9-10-15-16(19)8-5-11-17(14,15)3/h12,14-16,19H,4-11H2,1-3H3/t12-,14-,15+,16+,17-/m1/s1. The fraction of sp³-hybridized carbons (Fsp3) is 0.941. The Balaban J connectivity index is 1.94. The molecule has 2 saturated carbocycles. The number of hydrogen-bond acceptors (Lipinski definition) is 2. The maximum absolute atomic E-state index is 11.0. The molecule has 0 aromatic rings. The van der Waals surface area contributed by atoms with E-state index in [0.717, 1.165) is 25.2 Å². The van der Waals surface area contributed by atoms with Gasteiger partial charge in [-0.2, -0.15) is 0 Å². The predicted octanol–water partition coefficient (Wildman–Crippen LogP) is 3.96. The number of Topliss-reactive ketones (excluding diaryl/α,β-unsaturated/α-hetero) is 1. The molecule has 2 rings (SSSR count). The largest absolute Gasteiger partial charge is 0.393 e. The van der Waals surface area contributed by atoms with E-state index in [1.54, 1.807) is 6.92 Å². The molecular weight excluding hydrogens is 236 g/mol. The van der Waals surface area contributed by atoms with E-state index in [4.69, 9.17) is 0 Å². The highest BCUT2D eigenvalue weighted by Gasteiger charge is 2.51. The van der Waals surface area contributed by atoms with Crippen LogP contribution in [-0.4, -0.2) is 17.0 Å². The molecule has 2 fully saturated rings. The second-order valence-electron chi connectivity index (χ2n) is 7.33. The first-order chi connectivity index (χ1) is 8.95. The maximum atomic E-state index is 11.0. The molecule has 2 aliphatic carbocycles. The Kier molecular flexibility index (Phi) is 4.70. The van der Waals surface area contributed by atoms with Gasteiger partial charge >= 0.3 is 0 Å². The summed E-state index contributed by atoms with van der Waals surface area (Å²) in [5.74, 6) is 2.29. The molecule has 2 heteroatoms. The van der Waals surface area contributed by atoms with Gasteiger partial charge in [0.25, 0.3) is 0 Å². The first kappa shape index (κ1) is 15.0. The second-order valence-corrected chi connectivity index (χ2v) is 7.33. The highest BCUT2D eigenvalue weighted by Crippen LogP contribution is 2.58. The minimum absolute atomic E-state index is 0.0619. The highest BCUT2D eigenvalue weighted by molar-refractivity contribution is 5.75. The van der Waals surface area contributed by atoms with Crippen LogP contribution in [0.4, 0.5) is 0 Å². The van der Waals surface area contributed by atoms with E-state index >= 15 is 0 Å². The number of hydrogen-bond donors (Lipinski definition) is 1. The van der Waals surface area contributed by atoms with Crippen molar-refractivity contribution in [3.63, 3.8) is 0 Å². The SMILES string of the molecule is CC(=O)CCC[C@@H](C)[C@H]1CC[C@H]2[C@@H](O)CCC[C@]12C. The number of carbonyl (C=O) groups excluding carboxylic acids is 1. The summed E-state index contributed by atoms with van der Waals surface area (Å²) in [7, 11) is 0. The van der Waals surface area contributed by atoms with E-state index < -0.39 is 0 Å². The van der Waals surface area contributed by atoms with Crippen LogP contribution >= 0.6 is 0 Å². The number of rotatable bonds is 5. The molecule has 5 atom stereocenters. The molecule has 0 radical (unpaired) electrons. The van der Waals surface area contributed by atoms with Crippen LogP contribution in [-0.2, 0) is 4.79 Å². The third kappa shape index (κ3) is 3.04. The van der Waals surface area contributed by atoms with Gasteiger partial charge in [-0.1, -0.05) is 26.7 Å². The van der Waals surface area contributed by atoms with Crippen LogP contribution in [0.15, 0.2) is 0 Å². The molecule has 0 aromatic heterocycles. The van der Waals surface area contributed by atoms with Crippen LogP contribution < -0.4 is 0 Å². The predicted molar refractivity (Wildman–Crippen MR) is 77.9 cm³/mol. The minimum atomic E-state index is -0.0619. The normalized spacial score (nSPS) is 39.9. The summed E-state index contributed by atoms with van der Waals surface area (Å²) in [5.41, 5.74) is 0.354. The summed E-state index contributed by atoms with van der Waals surface area (Å²) in [6.45, 7) is 6.47. The first-order valence-electron chi connectivity index (χ1n) is 8.12. The molecule has 2 aliphatic rings. The number of ketones is 1. The molecule has 1 N–H and O–H groups in total. The lowest BCUT2D eigenvalue weighted by Crippen LogP contribution is -2.41. The third-order valence-electron chi connectivity index (χ3n) is 6.04. The Labute approximate surface area is 118 Å². The summed E-state index contributed by atoms with van der Waals surface area (Å²) < 4.78 is 0. The molecule has 0 saturated heterocycles. The van der Waals surface area contributed by atoms with Crippen molar-refractivity contribution in [2.45, 2.75) is 78.2 Å². The zero-order chi connectivity index (χ0) is 14.0. The van der Waals surface area contributed by atoms with Gasteiger partial charge in [-0.15, -0.1) is 0 Å². The Bertz CT molecular complexity index is 325. The van der Waals surface area contributed by atoms with Crippen molar-refractivity contribution in [3.05, 3.63) is 0 Å². The molecule has 0 aromatic carbocycles. The fourth-order valence-electron chi connectivity index (χ4n) is 5.00. The van der Waals surface area contributed by atoms with Crippen molar-refractivity contribution in [1.82, 2.24) is 0 Å². The quantitative estimate of drug-likeness (QED) is 0.818. The van der Waals surface area contributed by atoms with Gasteiger partial charge in [0.15, 0.2) is 0 Å². The summed E-state index contributed by atoms with van der Waals surface area (Å²) in [6, 6.07) is 0. The summed E-state index contributed by atoms with van der Waals surface area (Å²) in [5, 5.41) is 10.2. The maximum Gasteiger partial charge on any atom is 0.129 e. The summed E-state index contributed by atoms with van der Waals surface area (Å²) >= 11 is 0. The highest BCUT2D eigenvalue weighted by atomic mass is 16.3. The van der Waals surface area contributed by atoms with E-state index in [9.17, 15) is 9.90 Å².